The number of nitrogens with zero attached hydrogens (tertiary/aromatic N) is 2. The summed E-state index contributed by atoms with van der Waals surface area (Å²) in [4.78, 5) is 29.1. The largest absolute Gasteiger partial charge is 0.342 e. The number of carbonyl (C=O) groups is 2. The maximum Gasteiger partial charge on any atom is 0.225 e. The van der Waals surface area contributed by atoms with Crippen LogP contribution < -0.4 is 0 Å². The molecule has 0 N–H and O–H groups in total. The summed E-state index contributed by atoms with van der Waals surface area (Å²) >= 11 is 0. The first-order valence-corrected chi connectivity index (χ1v) is 9.58. The lowest BCUT2D eigenvalue weighted by Crippen LogP contribution is -2.45. The van der Waals surface area contributed by atoms with Crippen LogP contribution in [0.4, 0.5) is 0 Å². The lowest BCUT2D eigenvalue weighted by atomic mass is 9.77. The van der Waals surface area contributed by atoms with Crippen molar-refractivity contribution in [1.82, 2.24) is 9.80 Å². The molecule has 2 amide bonds. The summed E-state index contributed by atoms with van der Waals surface area (Å²) in [5.41, 5.74) is 2.54. The number of hydrogen-bond donors (Lipinski definition) is 0. The predicted octanol–water partition coefficient (Wildman–Crippen LogP) is 2.99. The van der Waals surface area contributed by atoms with Crippen LogP contribution in [-0.4, -0.2) is 41.2 Å². The highest BCUT2D eigenvalue weighted by Gasteiger charge is 2.47. The number of benzene rings is 1. The molecule has 2 heterocycles. The highest BCUT2D eigenvalue weighted by molar-refractivity contribution is 5.82. The minimum atomic E-state index is 0.0901. The molecule has 3 fully saturated rings. The van der Waals surface area contributed by atoms with E-state index in [-0.39, 0.29) is 17.2 Å². The molecular formula is C21H28N2O2. The number of piperidine rings is 1. The zero-order chi connectivity index (χ0) is 17.6. The minimum absolute atomic E-state index is 0.0901. The van der Waals surface area contributed by atoms with E-state index in [9.17, 15) is 9.59 Å². The first-order valence-electron chi connectivity index (χ1n) is 9.58. The Morgan fingerprint density at radius 2 is 2.00 bits per heavy atom. The van der Waals surface area contributed by atoms with Crippen molar-refractivity contribution in [3.8, 4) is 0 Å². The van der Waals surface area contributed by atoms with Crippen LogP contribution in [0.15, 0.2) is 24.3 Å². The summed E-state index contributed by atoms with van der Waals surface area (Å²) < 4.78 is 0. The van der Waals surface area contributed by atoms with Gasteiger partial charge in [-0.25, -0.2) is 0 Å². The molecule has 1 spiro atoms. The fourth-order valence-electron chi connectivity index (χ4n) is 4.59. The molecule has 2 atom stereocenters. The van der Waals surface area contributed by atoms with E-state index in [1.807, 2.05) is 9.80 Å². The molecule has 0 aromatic heterocycles. The molecule has 1 aromatic carbocycles. The number of likely N-dealkylation sites (tertiary alicyclic amines) is 2. The van der Waals surface area contributed by atoms with Gasteiger partial charge < -0.3 is 9.80 Å². The zero-order valence-electron chi connectivity index (χ0n) is 15.3. The van der Waals surface area contributed by atoms with E-state index in [2.05, 4.69) is 38.1 Å². The van der Waals surface area contributed by atoms with Crippen LogP contribution in [0.25, 0.3) is 0 Å². The fourth-order valence-corrected chi connectivity index (χ4v) is 4.59. The molecular weight excluding hydrogens is 312 g/mol. The maximum absolute atomic E-state index is 12.6. The second-order valence-corrected chi connectivity index (χ2v) is 8.56. The third kappa shape index (κ3) is 3.31. The van der Waals surface area contributed by atoms with Gasteiger partial charge in [0.15, 0.2) is 0 Å². The van der Waals surface area contributed by atoms with Gasteiger partial charge in [0.1, 0.15) is 0 Å². The molecule has 25 heavy (non-hydrogen) atoms. The van der Waals surface area contributed by atoms with Crippen LogP contribution >= 0.6 is 0 Å². The number of carbonyl (C=O) groups excluding carboxylic acids is 2. The zero-order valence-corrected chi connectivity index (χ0v) is 15.3. The van der Waals surface area contributed by atoms with Crippen molar-refractivity contribution in [3.63, 3.8) is 0 Å². The first kappa shape index (κ1) is 16.6. The van der Waals surface area contributed by atoms with Gasteiger partial charge in [0.05, 0.1) is 0 Å². The molecule has 1 aromatic rings. The monoisotopic (exact) mass is 340 g/mol. The lowest BCUT2D eigenvalue weighted by Gasteiger charge is -2.39. The summed E-state index contributed by atoms with van der Waals surface area (Å²) in [6, 6.07) is 8.41. The van der Waals surface area contributed by atoms with Crippen molar-refractivity contribution < 1.29 is 9.59 Å². The van der Waals surface area contributed by atoms with Gasteiger partial charge in [0.2, 0.25) is 11.8 Å². The van der Waals surface area contributed by atoms with Crippen LogP contribution in [0.1, 0.15) is 43.7 Å². The quantitative estimate of drug-likeness (QED) is 0.849. The van der Waals surface area contributed by atoms with Crippen LogP contribution in [0.3, 0.4) is 0 Å². The average molecular weight is 340 g/mol. The molecule has 0 bridgehead atoms. The molecule has 0 radical (unpaired) electrons. The highest BCUT2D eigenvalue weighted by Crippen LogP contribution is 2.44. The van der Waals surface area contributed by atoms with Crippen LogP contribution in [0.2, 0.25) is 0 Å². The molecule has 134 valence electrons. The Morgan fingerprint density at radius 3 is 2.64 bits per heavy atom. The minimum Gasteiger partial charge on any atom is -0.342 e. The van der Waals surface area contributed by atoms with E-state index < -0.39 is 0 Å². The van der Waals surface area contributed by atoms with E-state index in [1.54, 1.807) is 0 Å². The Kier molecular flexibility index (Phi) is 4.09. The standard InChI is InChI=1S/C21H28N2O2/c1-15-4-3-5-17(10-15)13-23-14-21(12-19(23)24)6-8-22(9-7-21)20(25)18-11-16(18)2/h3-5,10,16,18H,6-9,11-14H2,1-2H3/t16-,18+/m1/s1. The Morgan fingerprint density at radius 1 is 1.28 bits per heavy atom. The Bertz CT molecular complexity index is 691. The van der Waals surface area contributed by atoms with Crippen molar-refractivity contribution in [3.05, 3.63) is 35.4 Å². The smallest absolute Gasteiger partial charge is 0.225 e. The number of aryl methyl sites for hydroxylation is 1. The highest BCUT2D eigenvalue weighted by atomic mass is 16.2. The van der Waals surface area contributed by atoms with Crippen molar-refractivity contribution in [2.24, 2.45) is 17.3 Å². The van der Waals surface area contributed by atoms with E-state index in [1.165, 1.54) is 11.1 Å². The summed E-state index contributed by atoms with van der Waals surface area (Å²) in [7, 11) is 0. The van der Waals surface area contributed by atoms with Crippen molar-refractivity contribution >= 4 is 11.8 Å². The SMILES string of the molecule is Cc1cccc(CN2CC3(CCN(C(=O)[C@H]4C[C@H]4C)CC3)CC2=O)c1. The molecule has 4 heteroatoms. The van der Waals surface area contributed by atoms with Gasteiger partial charge >= 0.3 is 0 Å². The van der Waals surface area contributed by atoms with Crippen LogP contribution in [0, 0.1) is 24.2 Å². The summed E-state index contributed by atoms with van der Waals surface area (Å²) in [6.07, 6.45) is 3.65. The third-order valence-electron chi connectivity index (χ3n) is 6.42. The molecule has 0 unspecified atom stereocenters. The molecule has 3 aliphatic rings. The van der Waals surface area contributed by atoms with E-state index in [4.69, 9.17) is 0 Å². The van der Waals surface area contributed by atoms with Gasteiger partial charge in [-0.05, 0) is 37.7 Å². The topological polar surface area (TPSA) is 40.6 Å². The molecule has 2 saturated heterocycles. The third-order valence-corrected chi connectivity index (χ3v) is 6.42. The normalized spacial score (nSPS) is 27.8. The Balaban J connectivity index is 1.36. The summed E-state index contributed by atoms with van der Waals surface area (Å²) in [5, 5.41) is 0. The molecule has 1 saturated carbocycles. The lowest BCUT2D eigenvalue weighted by molar-refractivity contribution is -0.135. The molecule has 4 nitrogen and oxygen atoms in total. The molecule has 2 aliphatic heterocycles. The predicted molar refractivity (Wildman–Crippen MR) is 96.7 cm³/mol. The first-order chi connectivity index (χ1) is 12.0. The van der Waals surface area contributed by atoms with Crippen molar-refractivity contribution in [2.75, 3.05) is 19.6 Å². The van der Waals surface area contributed by atoms with Crippen molar-refractivity contribution in [2.45, 2.75) is 46.1 Å². The van der Waals surface area contributed by atoms with Gasteiger partial charge in [-0.3, -0.25) is 9.59 Å². The van der Waals surface area contributed by atoms with Gasteiger partial charge in [-0.1, -0.05) is 36.8 Å². The van der Waals surface area contributed by atoms with Gasteiger partial charge in [0, 0.05) is 43.9 Å². The number of amides is 2. The molecule has 1 aliphatic carbocycles. The number of hydrogen-bond acceptors (Lipinski definition) is 2. The van der Waals surface area contributed by atoms with E-state index in [0.717, 1.165) is 38.9 Å². The second-order valence-electron chi connectivity index (χ2n) is 8.56. The maximum atomic E-state index is 12.6. The average Bonchev–Trinajstić information content (AvgIpc) is 3.23. The van der Waals surface area contributed by atoms with Gasteiger partial charge in [0.25, 0.3) is 0 Å². The van der Waals surface area contributed by atoms with Crippen molar-refractivity contribution in [1.29, 1.82) is 0 Å². The van der Waals surface area contributed by atoms with E-state index >= 15 is 0 Å². The van der Waals surface area contributed by atoms with E-state index in [0.29, 0.717) is 24.8 Å². The summed E-state index contributed by atoms with van der Waals surface area (Å²) in [5.74, 6) is 1.47. The Labute approximate surface area is 150 Å². The molecule has 4 rings (SSSR count). The van der Waals surface area contributed by atoms with Gasteiger partial charge in [-0.2, -0.15) is 0 Å². The Hall–Kier alpha value is -1.84. The summed E-state index contributed by atoms with van der Waals surface area (Å²) in [6.45, 7) is 7.46. The fraction of sp³-hybridized carbons (Fsp3) is 0.619. The van der Waals surface area contributed by atoms with Crippen LogP contribution in [-0.2, 0) is 16.1 Å². The van der Waals surface area contributed by atoms with Gasteiger partial charge in [-0.15, -0.1) is 0 Å². The number of rotatable bonds is 3. The van der Waals surface area contributed by atoms with Crippen LogP contribution in [0.5, 0.6) is 0 Å². The second kappa shape index (κ2) is 6.15.